The molecule has 2 aromatic rings. The van der Waals surface area contributed by atoms with Crippen LogP contribution in [0.2, 0.25) is 4.47 Å². The zero-order valence-corrected chi connectivity index (χ0v) is 12.3. The van der Waals surface area contributed by atoms with Crippen molar-refractivity contribution in [3.8, 4) is 0 Å². The first-order valence-electron chi connectivity index (χ1n) is 5.87. The molecule has 3 nitrogen and oxygen atoms in total. The van der Waals surface area contributed by atoms with E-state index in [4.69, 9.17) is 16.3 Å². The first kappa shape index (κ1) is 14.0. The number of thiazole rings is 1. The molecule has 100 valence electrons. The lowest BCUT2D eigenvalue weighted by atomic mass is 10.0. The molecule has 5 heteroatoms. The summed E-state index contributed by atoms with van der Waals surface area (Å²) >= 11 is 7.04. The molecule has 1 aromatic carbocycles. The van der Waals surface area contributed by atoms with Gasteiger partial charge in [0.25, 0.3) is 0 Å². The van der Waals surface area contributed by atoms with E-state index in [1.54, 1.807) is 5.38 Å². The third kappa shape index (κ3) is 3.78. The number of halogens is 1. The molecule has 0 amide bonds. The number of carbonyl (C=O) groups excluding carboxylic acids is 1. The van der Waals surface area contributed by atoms with Gasteiger partial charge in [0.05, 0.1) is 12.1 Å². The molecule has 0 atom stereocenters. The highest BCUT2D eigenvalue weighted by atomic mass is 35.5. The zero-order valence-electron chi connectivity index (χ0n) is 10.8. The lowest BCUT2D eigenvalue weighted by molar-refractivity contribution is -0.144. The lowest BCUT2D eigenvalue weighted by Crippen LogP contribution is -2.10. The molecule has 1 heterocycles. The average Bonchev–Trinajstić information content (AvgIpc) is 2.77. The van der Waals surface area contributed by atoms with Crippen molar-refractivity contribution in [3.63, 3.8) is 0 Å². The molecule has 0 saturated heterocycles. The summed E-state index contributed by atoms with van der Waals surface area (Å²) in [4.78, 5) is 15.8. The normalized spacial score (nSPS) is 10.5. The molecule has 0 aliphatic carbocycles. The number of esters is 1. The number of nitrogens with zero attached hydrogens (tertiary/aromatic N) is 1. The Morgan fingerprint density at radius 1 is 1.37 bits per heavy atom. The van der Waals surface area contributed by atoms with Crippen LogP contribution >= 0.6 is 22.9 Å². The zero-order chi connectivity index (χ0) is 13.8. The lowest BCUT2D eigenvalue weighted by Gasteiger charge is -2.09. The molecule has 0 N–H and O–H groups in total. The Morgan fingerprint density at radius 3 is 2.63 bits per heavy atom. The van der Waals surface area contributed by atoms with Gasteiger partial charge in [-0.1, -0.05) is 29.8 Å². The van der Waals surface area contributed by atoms with Crippen LogP contribution in [0.1, 0.15) is 22.4 Å². The van der Waals surface area contributed by atoms with Gasteiger partial charge in [-0.15, -0.1) is 11.3 Å². The highest BCUT2D eigenvalue weighted by Crippen LogP contribution is 2.17. The molecular weight excluding hydrogens is 282 g/mol. The Labute approximate surface area is 121 Å². The van der Waals surface area contributed by atoms with E-state index < -0.39 is 0 Å². The maximum atomic E-state index is 11.8. The van der Waals surface area contributed by atoms with Gasteiger partial charge >= 0.3 is 5.97 Å². The molecule has 0 bridgehead atoms. The molecule has 19 heavy (non-hydrogen) atoms. The fraction of sp³-hybridized carbons (Fsp3) is 0.286. The van der Waals surface area contributed by atoms with Crippen LogP contribution in [-0.2, 0) is 22.6 Å². The number of rotatable bonds is 4. The van der Waals surface area contributed by atoms with Crippen molar-refractivity contribution < 1.29 is 9.53 Å². The minimum absolute atomic E-state index is 0.174. The average molecular weight is 296 g/mol. The molecule has 0 saturated carbocycles. The van der Waals surface area contributed by atoms with Gasteiger partial charge in [0.2, 0.25) is 0 Å². The van der Waals surface area contributed by atoms with E-state index in [-0.39, 0.29) is 19.0 Å². The summed E-state index contributed by atoms with van der Waals surface area (Å²) in [6, 6.07) is 5.97. The monoisotopic (exact) mass is 295 g/mol. The first-order chi connectivity index (χ1) is 9.06. The highest BCUT2D eigenvalue weighted by molar-refractivity contribution is 7.13. The van der Waals surface area contributed by atoms with Crippen LogP contribution < -0.4 is 0 Å². The van der Waals surface area contributed by atoms with Crippen LogP contribution in [0.3, 0.4) is 0 Å². The standard InChI is InChI=1S/C14H14ClNO2S/c1-9-4-3-5-10(2)12(9)6-13(17)18-7-11-8-19-14(15)16-11/h3-5,8H,6-7H2,1-2H3. The molecule has 2 rings (SSSR count). The molecule has 0 aliphatic heterocycles. The van der Waals surface area contributed by atoms with Crippen LogP contribution in [0.4, 0.5) is 0 Å². The predicted octanol–water partition coefficient (Wildman–Crippen LogP) is 3.70. The Kier molecular flexibility index (Phi) is 4.56. The molecule has 0 unspecified atom stereocenters. The van der Waals surface area contributed by atoms with Gasteiger partial charge in [-0.25, -0.2) is 4.98 Å². The summed E-state index contributed by atoms with van der Waals surface area (Å²) in [5.41, 5.74) is 3.93. The van der Waals surface area contributed by atoms with E-state index in [2.05, 4.69) is 4.98 Å². The smallest absolute Gasteiger partial charge is 0.310 e. The van der Waals surface area contributed by atoms with Crippen molar-refractivity contribution in [1.29, 1.82) is 0 Å². The molecular formula is C14H14ClNO2S. The number of ether oxygens (including phenoxy) is 1. The van der Waals surface area contributed by atoms with Gasteiger partial charge in [0.15, 0.2) is 4.47 Å². The van der Waals surface area contributed by atoms with Crippen molar-refractivity contribution in [2.75, 3.05) is 0 Å². The first-order valence-corrected chi connectivity index (χ1v) is 7.12. The van der Waals surface area contributed by atoms with Crippen molar-refractivity contribution in [1.82, 2.24) is 4.98 Å². The van der Waals surface area contributed by atoms with Crippen LogP contribution in [0, 0.1) is 13.8 Å². The molecule has 0 aliphatic rings. The van der Waals surface area contributed by atoms with E-state index >= 15 is 0 Å². The van der Waals surface area contributed by atoms with Gasteiger partial charge in [0, 0.05) is 5.38 Å². The third-order valence-corrected chi connectivity index (χ3v) is 3.90. The van der Waals surface area contributed by atoms with Crippen molar-refractivity contribution in [2.24, 2.45) is 0 Å². The van der Waals surface area contributed by atoms with E-state index in [0.29, 0.717) is 10.2 Å². The predicted molar refractivity (Wildman–Crippen MR) is 76.5 cm³/mol. The van der Waals surface area contributed by atoms with E-state index in [9.17, 15) is 4.79 Å². The fourth-order valence-electron chi connectivity index (χ4n) is 1.83. The van der Waals surface area contributed by atoms with Crippen molar-refractivity contribution in [3.05, 3.63) is 50.4 Å². The van der Waals surface area contributed by atoms with Crippen LogP contribution in [0.5, 0.6) is 0 Å². The largest absolute Gasteiger partial charge is 0.459 e. The Balaban J connectivity index is 1.94. The fourth-order valence-corrected chi connectivity index (χ4v) is 2.59. The van der Waals surface area contributed by atoms with Crippen molar-refractivity contribution >= 4 is 28.9 Å². The second-order valence-corrected chi connectivity index (χ2v) is 5.74. The van der Waals surface area contributed by atoms with Crippen LogP contribution in [0.25, 0.3) is 0 Å². The molecule has 1 aromatic heterocycles. The van der Waals surface area contributed by atoms with Gasteiger partial charge in [-0.3, -0.25) is 4.79 Å². The van der Waals surface area contributed by atoms with E-state index in [1.165, 1.54) is 11.3 Å². The topological polar surface area (TPSA) is 39.2 Å². The second-order valence-electron chi connectivity index (χ2n) is 4.30. The van der Waals surface area contributed by atoms with Crippen LogP contribution in [0.15, 0.2) is 23.6 Å². The van der Waals surface area contributed by atoms with Crippen molar-refractivity contribution in [2.45, 2.75) is 26.9 Å². The summed E-state index contributed by atoms with van der Waals surface area (Å²) in [6.45, 7) is 4.17. The summed E-state index contributed by atoms with van der Waals surface area (Å²) in [5, 5.41) is 1.79. The van der Waals surface area contributed by atoms with Gasteiger partial charge in [-0.2, -0.15) is 0 Å². The summed E-state index contributed by atoms with van der Waals surface area (Å²) in [5.74, 6) is -0.249. The molecule has 0 radical (unpaired) electrons. The highest BCUT2D eigenvalue weighted by Gasteiger charge is 2.10. The molecule has 0 fully saturated rings. The number of aryl methyl sites for hydroxylation is 2. The Hall–Kier alpha value is -1.39. The number of benzene rings is 1. The van der Waals surface area contributed by atoms with Gasteiger partial charge < -0.3 is 4.74 Å². The molecule has 0 spiro atoms. The maximum absolute atomic E-state index is 11.8. The van der Waals surface area contributed by atoms with Gasteiger partial charge in [-0.05, 0) is 30.5 Å². The maximum Gasteiger partial charge on any atom is 0.310 e. The Bertz CT molecular complexity index is 575. The van der Waals surface area contributed by atoms with E-state index in [0.717, 1.165) is 16.7 Å². The van der Waals surface area contributed by atoms with Gasteiger partial charge in [0.1, 0.15) is 6.61 Å². The third-order valence-electron chi connectivity index (χ3n) is 2.87. The number of aromatic nitrogens is 1. The quantitative estimate of drug-likeness (QED) is 0.807. The number of hydrogen-bond acceptors (Lipinski definition) is 4. The number of carbonyl (C=O) groups is 1. The summed E-state index contributed by atoms with van der Waals surface area (Å²) in [7, 11) is 0. The number of hydrogen-bond donors (Lipinski definition) is 0. The SMILES string of the molecule is Cc1cccc(C)c1CC(=O)OCc1csc(Cl)n1. The second kappa shape index (κ2) is 6.17. The minimum Gasteiger partial charge on any atom is -0.459 e. The summed E-state index contributed by atoms with van der Waals surface area (Å²) < 4.78 is 5.66. The minimum atomic E-state index is -0.249. The summed E-state index contributed by atoms with van der Waals surface area (Å²) in [6.07, 6.45) is 0.288. The Morgan fingerprint density at radius 2 is 2.05 bits per heavy atom. The van der Waals surface area contributed by atoms with Crippen LogP contribution in [-0.4, -0.2) is 11.0 Å². The van der Waals surface area contributed by atoms with E-state index in [1.807, 2.05) is 32.0 Å².